The monoisotopic (exact) mass is 287 g/mol. The zero-order valence-corrected chi connectivity index (χ0v) is 13.5. The van der Waals surface area contributed by atoms with Gasteiger partial charge in [0, 0.05) is 13.2 Å². The van der Waals surface area contributed by atoms with E-state index >= 15 is 0 Å². The maximum atomic E-state index is 11.3. The second-order valence-electron chi connectivity index (χ2n) is 5.69. The van der Waals surface area contributed by atoms with Gasteiger partial charge < -0.3 is 15.2 Å². The second-order valence-corrected chi connectivity index (χ2v) is 5.69. The first-order valence-corrected chi connectivity index (χ1v) is 8.13. The first kappa shape index (κ1) is 19.4. The molecule has 0 heterocycles. The summed E-state index contributed by atoms with van der Waals surface area (Å²) >= 11 is 0. The van der Waals surface area contributed by atoms with Crippen LogP contribution in [0.25, 0.3) is 0 Å². The third-order valence-corrected chi connectivity index (χ3v) is 3.63. The largest absolute Gasteiger partial charge is 0.480 e. The Morgan fingerprint density at radius 3 is 2.30 bits per heavy atom. The molecule has 0 spiro atoms. The van der Waals surface area contributed by atoms with Crippen LogP contribution in [-0.4, -0.2) is 36.4 Å². The molecule has 0 fully saturated rings. The molecule has 2 N–H and O–H groups in total. The van der Waals surface area contributed by atoms with Gasteiger partial charge in [-0.15, -0.1) is 0 Å². The number of ether oxygens (including phenoxy) is 1. The van der Waals surface area contributed by atoms with Crippen molar-refractivity contribution in [2.24, 2.45) is 0 Å². The van der Waals surface area contributed by atoms with Crippen LogP contribution >= 0.6 is 0 Å². The van der Waals surface area contributed by atoms with E-state index in [1.807, 2.05) is 6.92 Å². The third-order valence-electron chi connectivity index (χ3n) is 3.63. The molecule has 1 unspecified atom stereocenters. The van der Waals surface area contributed by atoms with Crippen molar-refractivity contribution in [3.05, 3.63) is 0 Å². The molecular formula is C16H33NO3. The van der Waals surface area contributed by atoms with E-state index < -0.39 is 11.5 Å². The highest BCUT2D eigenvalue weighted by Crippen LogP contribution is 2.11. The van der Waals surface area contributed by atoms with Crippen LogP contribution < -0.4 is 5.32 Å². The van der Waals surface area contributed by atoms with Crippen molar-refractivity contribution in [2.45, 2.75) is 77.7 Å². The van der Waals surface area contributed by atoms with Crippen molar-refractivity contribution in [2.75, 3.05) is 19.8 Å². The molecule has 0 aromatic carbocycles. The fraction of sp³-hybridized carbons (Fsp3) is 0.938. The summed E-state index contributed by atoms with van der Waals surface area (Å²) in [6.45, 7) is 7.96. The molecule has 0 rings (SSSR count). The lowest BCUT2D eigenvalue weighted by Gasteiger charge is -2.26. The van der Waals surface area contributed by atoms with E-state index in [-0.39, 0.29) is 0 Å². The number of rotatable bonds is 14. The predicted molar refractivity (Wildman–Crippen MR) is 83.1 cm³/mol. The highest BCUT2D eigenvalue weighted by Gasteiger charge is 2.31. The average Bonchev–Trinajstić information content (AvgIpc) is 2.43. The molecule has 0 aromatic heterocycles. The maximum Gasteiger partial charge on any atom is 0.323 e. The number of carboxylic acids is 1. The fourth-order valence-electron chi connectivity index (χ4n) is 2.03. The van der Waals surface area contributed by atoms with Gasteiger partial charge in [-0.2, -0.15) is 0 Å². The van der Waals surface area contributed by atoms with Crippen molar-refractivity contribution in [1.29, 1.82) is 0 Å². The third kappa shape index (κ3) is 9.32. The van der Waals surface area contributed by atoms with Crippen LogP contribution in [0, 0.1) is 0 Å². The lowest BCUT2D eigenvalue weighted by Crippen LogP contribution is -2.50. The molecule has 4 heteroatoms. The number of carboxylic acid groups (broad SMARTS) is 1. The number of carbonyl (C=O) groups is 1. The van der Waals surface area contributed by atoms with Gasteiger partial charge in [-0.3, -0.25) is 4.79 Å². The Bertz CT molecular complexity index is 246. The molecule has 120 valence electrons. The Labute approximate surface area is 124 Å². The standard InChI is InChI=1S/C16H33NO3/c1-4-6-7-8-9-10-13-20-14-11-16(3,15(18)19)17-12-5-2/h17H,4-14H2,1-3H3,(H,18,19). The summed E-state index contributed by atoms with van der Waals surface area (Å²) in [7, 11) is 0. The van der Waals surface area contributed by atoms with Crippen LogP contribution in [-0.2, 0) is 9.53 Å². The number of aliphatic carboxylic acids is 1. The van der Waals surface area contributed by atoms with Crippen LogP contribution in [0.1, 0.15) is 72.1 Å². The summed E-state index contributed by atoms with van der Waals surface area (Å²) in [5, 5.41) is 12.4. The van der Waals surface area contributed by atoms with E-state index in [4.69, 9.17) is 4.74 Å². The van der Waals surface area contributed by atoms with Gasteiger partial charge >= 0.3 is 5.97 Å². The summed E-state index contributed by atoms with van der Waals surface area (Å²) in [6, 6.07) is 0. The molecule has 4 nitrogen and oxygen atoms in total. The summed E-state index contributed by atoms with van der Waals surface area (Å²) in [5.41, 5.74) is -0.864. The Morgan fingerprint density at radius 2 is 1.70 bits per heavy atom. The van der Waals surface area contributed by atoms with Crippen molar-refractivity contribution in [3.63, 3.8) is 0 Å². The molecule has 1 atom stereocenters. The molecule has 0 aromatic rings. The molecule has 20 heavy (non-hydrogen) atoms. The summed E-state index contributed by atoms with van der Waals surface area (Å²) in [6.07, 6.45) is 8.92. The summed E-state index contributed by atoms with van der Waals surface area (Å²) in [5.74, 6) is -0.797. The van der Waals surface area contributed by atoms with Gasteiger partial charge in [0.25, 0.3) is 0 Å². The van der Waals surface area contributed by atoms with Gasteiger partial charge in [-0.25, -0.2) is 0 Å². The zero-order valence-electron chi connectivity index (χ0n) is 13.5. The number of unbranched alkanes of at least 4 members (excludes halogenated alkanes) is 5. The molecular weight excluding hydrogens is 254 g/mol. The smallest absolute Gasteiger partial charge is 0.323 e. The zero-order chi connectivity index (χ0) is 15.3. The minimum absolute atomic E-state index is 0.508. The lowest BCUT2D eigenvalue weighted by atomic mass is 9.98. The molecule has 0 saturated carbocycles. The van der Waals surface area contributed by atoms with E-state index in [2.05, 4.69) is 12.2 Å². The van der Waals surface area contributed by atoms with E-state index in [1.165, 1.54) is 32.1 Å². The molecule has 0 saturated heterocycles. The first-order valence-electron chi connectivity index (χ1n) is 8.13. The summed E-state index contributed by atoms with van der Waals surface area (Å²) in [4.78, 5) is 11.3. The van der Waals surface area contributed by atoms with Gasteiger partial charge in [0.15, 0.2) is 0 Å². The van der Waals surface area contributed by atoms with Crippen LogP contribution in [0.5, 0.6) is 0 Å². The Balaban J connectivity index is 3.61. The average molecular weight is 287 g/mol. The highest BCUT2D eigenvalue weighted by molar-refractivity contribution is 5.78. The van der Waals surface area contributed by atoms with Crippen LogP contribution in [0.4, 0.5) is 0 Å². The molecule has 0 aliphatic heterocycles. The van der Waals surface area contributed by atoms with Gasteiger partial charge in [0.05, 0.1) is 0 Å². The number of hydrogen-bond acceptors (Lipinski definition) is 3. The van der Waals surface area contributed by atoms with Crippen molar-refractivity contribution in [1.82, 2.24) is 5.32 Å². The molecule has 0 amide bonds. The normalized spacial score (nSPS) is 14.2. The SMILES string of the molecule is CCCCCCCCOCCC(C)(NCCC)C(=O)O. The Hall–Kier alpha value is -0.610. The maximum absolute atomic E-state index is 11.3. The minimum Gasteiger partial charge on any atom is -0.480 e. The van der Waals surface area contributed by atoms with Gasteiger partial charge in [-0.05, 0) is 32.7 Å². The van der Waals surface area contributed by atoms with Crippen LogP contribution in [0.2, 0.25) is 0 Å². The fourth-order valence-corrected chi connectivity index (χ4v) is 2.03. The van der Waals surface area contributed by atoms with E-state index in [0.29, 0.717) is 13.0 Å². The Morgan fingerprint density at radius 1 is 1.05 bits per heavy atom. The van der Waals surface area contributed by atoms with Gasteiger partial charge in [0.1, 0.15) is 5.54 Å². The van der Waals surface area contributed by atoms with Crippen molar-refractivity contribution < 1.29 is 14.6 Å². The molecule has 0 aliphatic carbocycles. The van der Waals surface area contributed by atoms with E-state index in [0.717, 1.165) is 26.0 Å². The predicted octanol–water partition coefficient (Wildman–Crippen LogP) is 3.60. The minimum atomic E-state index is -0.864. The highest BCUT2D eigenvalue weighted by atomic mass is 16.5. The lowest BCUT2D eigenvalue weighted by molar-refractivity contribution is -0.145. The van der Waals surface area contributed by atoms with E-state index in [1.54, 1.807) is 6.92 Å². The second kappa shape index (κ2) is 12.2. The molecule has 0 radical (unpaired) electrons. The first-order chi connectivity index (χ1) is 9.56. The van der Waals surface area contributed by atoms with Crippen molar-refractivity contribution in [3.8, 4) is 0 Å². The van der Waals surface area contributed by atoms with Crippen molar-refractivity contribution >= 4 is 5.97 Å². The van der Waals surface area contributed by atoms with E-state index in [9.17, 15) is 9.90 Å². The molecule has 0 bridgehead atoms. The topological polar surface area (TPSA) is 58.6 Å². The van der Waals surface area contributed by atoms with Crippen LogP contribution in [0.3, 0.4) is 0 Å². The molecule has 0 aliphatic rings. The number of hydrogen-bond donors (Lipinski definition) is 2. The number of nitrogens with one attached hydrogen (secondary N) is 1. The summed E-state index contributed by atoms with van der Waals surface area (Å²) < 4.78 is 5.56. The van der Waals surface area contributed by atoms with Gasteiger partial charge in [-0.1, -0.05) is 46.0 Å². The quantitative estimate of drug-likeness (QED) is 0.479. The van der Waals surface area contributed by atoms with Gasteiger partial charge in [0.2, 0.25) is 0 Å². The Kier molecular flexibility index (Phi) is 11.8. The van der Waals surface area contributed by atoms with Crippen LogP contribution in [0.15, 0.2) is 0 Å².